The third-order valence-corrected chi connectivity index (χ3v) is 6.58. The Morgan fingerprint density at radius 1 is 0.516 bits per heavy atom. The van der Waals surface area contributed by atoms with Crippen molar-refractivity contribution in [3.05, 3.63) is 129 Å². The average Bonchev–Trinajstić information content (AvgIpc) is 2.79. The number of rotatable bonds is 4. The predicted octanol–water partition coefficient (Wildman–Crippen LogP) is 9.29. The topological polar surface area (TPSA) is 0 Å². The summed E-state index contributed by atoms with van der Waals surface area (Å²) >= 11 is 7.30. The van der Waals surface area contributed by atoms with Crippen molar-refractivity contribution in [3.8, 4) is 22.3 Å². The maximum Gasteiger partial charge on any atom is 0.0181 e. The van der Waals surface area contributed by atoms with Crippen LogP contribution in [0.5, 0.6) is 0 Å². The molecule has 0 N–H and O–H groups in total. The fourth-order valence-corrected chi connectivity index (χ4v) is 5.11. The van der Waals surface area contributed by atoms with E-state index in [4.69, 9.17) is 0 Å². The number of hydrogen-bond acceptors (Lipinski definition) is 0. The zero-order valence-electron chi connectivity index (χ0n) is 16.9. The van der Waals surface area contributed by atoms with Gasteiger partial charge < -0.3 is 0 Å². The van der Waals surface area contributed by atoms with Gasteiger partial charge in [0.2, 0.25) is 0 Å². The van der Waals surface area contributed by atoms with E-state index in [0.717, 1.165) is 15.4 Å². The van der Waals surface area contributed by atoms with Gasteiger partial charge in [0, 0.05) is 8.95 Å². The molecular weight excluding hydrogens is 508 g/mol. The Balaban J connectivity index is 1.86. The first-order chi connectivity index (χ1) is 15.2. The Hall–Kier alpha value is -2.68. The van der Waals surface area contributed by atoms with Crippen molar-refractivity contribution in [1.82, 2.24) is 0 Å². The summed E-state index contributed by atoms with van der Waals surface area (Å²) in [5.74, 6) is 0. The molecule has 0 aliphatic heterocycles. The second kappa shape index (κ2) is 8.82. The lowest BCUT2D eigenvalue weighted by molar-refractivity contribution is 1.20. The minimum atomic E-state index is 0.867. The largest absolute Gasteiger partial charge is 0.0622 e. The molecule has 5 aromatic rings. The van der Waals surface area contributed by atoms with E-state index in [-0.39, 0.29) is 0 Å². The number of halogens is 2. The third kappa shape index (κ3) is 4.23. The molecule has 150 valence electrons. The van der Waals surface area contributed by atoms with E-state index in [0.29, 0.717) is 0 Å². The van der Waals surface area contributed by atoms with Gasteiger partial charge in [0.1, 0.15) is 0 Å². The van der Waals surface area contributed by atoms with Crippen LogP contribution in [-0.2, 0) is 6.42 Å². The summed E-state index contributed by atoms with van der Waals surface area (Å²) in [6.07, 6.45) is 0.867. The van der Waals surface area contributed by atoms with Gasteiger partial charge >= 0.3 is 0 Å². The molecule has 2 heteroatoms. The van der Waals surface area contributed by atoms with E-state index in [2.05, 4.69) is 141 Å². The molecule has 0 heterocycles. The van der Waals surface area contributed by atoms with Crippen LogP contribution < -0.4 is 0 Å². The van der Waals surface area contributed by atoms with Crippen molar-refractivity contribution in [2.45, 2.75) is 6.42 Å². The van der Waals surface area contributed by atoms with Crippen molar-refractivity contribution in [1.29, 1.82) is 0 Å². The second-order valence-electron chi connectivity index (χ2n) is 7.69. The van der Waals surface area contributed by atoms with Gasteiger partial charge in [0.25, 0.3) is 0 Å². The Morgan fingerprint density at radius 3 is 1.84 bits per heavy atom. The molecule has 0 aromatic heterocycles. The summed E-state index contributed by atoms with van der Waals surface area (Å²) in [7, 11) is 0. The first-order valence-electron chi connectivity index (χ1n) is 10.3. The molecule has 0 saturated heterocycles. The molecule has 0 radical (unpaired) electrons. The standard InChI is InChI=1S/C29H20Br2/c30-25-13-7-8-20(17-25)16-24-18-23-19-26(31)14-15-27(23)29(22-11-5-2-6-12-22)28(24)21-9-3-1-4-10-21/h1-15,17-19H,16H2. The average molecular weight is 528 g/mol. The molecule has 0 saturated carbocycles. The van der Waals surface area contributed by atoms with E-state index in [1.54, 1.807) is 0 Å². The predicted molar refractivity (Wildman–Crippen MR) is 139 cm³/mol. The van der Waals surface area contributed by atoms with Gasteiger partial charge in [-0.1, -0.05) is 117 Å². The summed E-state index contributed by atoms with van der Waals surface area (Å²) < 4.78 is 2.21. The summed E-state index contributed by atoms with van der Waals surface area (Å²) in [5, 5.41) is 2.52. The minimum Gasteiger partial charge on any atom is -0.0622 e. The quantitative estimate of drug-likeness (QED) is 0.218. The molecular formula is C29H20Br2. The fourth-order valence-electron chi connectivity index (χ4n) is 4.28. The maximum atomic E-state index is 3.67. The summed E-state index contributed by atoms with van der Waals surface area (Å²) in [4.78, 5) is 0. The zero-order chi connectivity index (χ0) is 21.2. The van der Waals surface area contributed by atoms with Gasteiger partial charge in [0.15, 0.2) is 0 Å². The lowest BCUT2D eigenvalue weighted by atomic mass is 9.84. The molecule has 0 atom stereocenters. The molecule has 0 spiro atoms. The summed E-state index contributed by atoms with van der Waals surface area (Å²) in [5.41, 5.74) is 7.71. The SMILES string of the molecule is Brc1cccc(Cc2cc3cc(Br)ccc3c(-c3ccccc3)c2-c2ccccc2)c1. The van der Waals surface area contributed by atoms with Crippen LogP contribution in [0.2, 0.25) is 0 Å². The molecule has 5 aromatic carbocycles. The van der Waals surface area contributed by atoms with E-state index >= 15 is 0 Å². The minimum absolute atomic E-state index is 0.867. The maximum absolute atomic E-state index is 3.67. The molecule has 0 aliphatic rings. The van der Waals surface area contributed by atoms with Crippen LogP contribution in [-0.4, -0.2) is 0 Å². The number of hydrogen-bond donors (Lipinski definition) is 0. The van der Waals surface area contributed by atoms with Gasteiger partial charge in [0.05, 0.1) is 0 Å². The lowest BCUT2D eigenvalue weighted by Crippen LogP contribution is -1.97. The highest BCUT2D eigenvalue weighted by Gasteiger charge is 2.17. The third-order valence-electron chi connectivity index (χ3n) is 5.59. The first-order valence-corrected chi connectivity index (χ1v) is 11.9. The van der Waals surface area contributed by atoms with Crippen molar-refractivity contribution in [2.75, 3.05) is 0 Å². The van der Waals surface area contributed by atoms with Crippen LogP contribution >= 0.6 is 31.9 Å². The molecule has 5 rings (SSSR count). The Labute approximate surface area is 199 Å². The monoisotopic (exact) mass is 526 g/mol. The van der Waals surface area contributed by atoms with Crippen LogP contribution in [0.4, 0.5) is 0 Å². The van der Waals surface area contributed by atoms with Crippen molar-refractivity contribution < 1.29 is 0 Å². The highest BCUT2D eigenvalue weighted by atomic mass is 79.9. The van der Waals surface area contributed by atoms with Crippen molar-refractivity contribution in [3.63, 3.8) is 0 Å². The highest BCUT2D eigenvalue weighted by molar-refractivity contribution is 9.10. The van der Waals surface area contributed by atoms with Crippen LogP contribution in [0, 0.1) is 0 Å². The molecule has 0 nitrogen and oxygen atoms in total. The van der Waals surface area contributed by atoms with E-state index in [1.165, 1.54) is 44.2 Å². The molecule has 0 bridgehead atoms. The van der Waals surface area contributed by atoms with Crippen LogP contribution in [0.25, 0.3) is 33.0 Å². The zero-order valence-corrected chi connectivity index (χ0v) is 20.0. The van der Waals surface area contributed by atoms with Gasteiger partial charge in [-0.15, -0.1) is 0 Å². The van der Waals surface area contributed by atoms with Crippen LogP contribution in [0.3, 0.4) is 0 Å². The molecule has 0 unspecified atom stereocenters. The van der Waals surface area contributed by atoms with Gasteiger partial charge in [-0.3, -0.25) is 0 Å². The Bertz CT molecular complexity index is 1360. The highest BCUT2D eigenvalue weighted by Crippen LogP contribution is 2.42. The Morgan fingerprint density at radius 2 is 1.16 bits per heavy atom. The second-order valence-corrected chi connectivity index (χ2v) is 9.52. The molecule has 0 aliphatic carbocycles. The van der Waals surface area contributed by atoms with Gasteiger partial charge in [-0.2, -0.15) is 0 Å². The van der Waals surface area contributed by atoms with Crippen molar-refractivity contribution in [2.24, 2.45) is 0 Å². The normalized spacial score (nSPS) is 11.0. The number of benzene rings is 5. The molecule has 0 amide bonds. The van der Waals surface area contributed by atoms with Crippen LogP contribution in [0.1, 0.15) is 11.1 Å². The van der Waals surface area contributed by atoms with Gasteiger partial charge in [-0.05, 0) is 74.8 Å². The first kappa shape index (κ1) is 20.2. The summed E-state index contributed by atoms with van der Waals surface area (Å²) in [6.45, 7) is 0. The van der Waals surface area contributed by atoms with Crippen molar-refractivity contribution >= 4 is 42.6 Å². The lowest BCUT2D eigenvalue weighted by Gasteiger charge is -2.20. The van der Waals surface area contributed by atoms with Gasteiger partial charge in [-0.25, -0.2) is 0 Å². The summed E-state index contributed by atoms with van der Waals surface area (Å²) in [6, 6.07) is 39.1. The number of fused-ring (bicyclic) bond motifs is 1. The van der Waals surface area contributed by atoms with Crippen LogP contribution in [0.15, 0.2) is 118 Å². The molecule has 31 heavy (non-hydrogen) atoms. The van der Waals surface area contributed by atoms with E-state index < -0.39 is 0 Å². The Kier molecular flexibility index (Phi) is 5.76. The smallest absolute Gasteiger partial charge is 0.0181 e. The fraction of sp³-hybridized carbons (Fsp3) is 0.0345. The van der Waals surface area contributed by atoms with E-state index in [9.17, 15) is 0 Å². The molecule has 0 fully saturated rings. The van der Waals surface area contributed by atoms with E-state index in [1.807, 2.05) is 0 Å².